The van der Waals surface area contributed by atoms with Gasteiger partial charge in [-0.15, -0.1) is 12.4 Å². The van der Waals surface area contributed by atoms with E-state index in [0.29, 0.717) is 12.5 Å². The second kappa shape index (κ2) is 9.01. The predicted molar refractivity (Wildman–Crippen MR) is 91.9 cm³/mol. The van der Waals surface area contributed by atoms with E-state index < -0.39 is 0 Å². The molecule has 0 spiro atoms. The highest BCUT2D eigenvalue weighted by Crippen LogP contribution is 2.24. The smallest absolute Gasteiger partial charge is 0.223 e. The number of ether oxygens (including phenoxy) is 1. The first-order valence-electron chi connectivity index (χ1n) is 7.73. The molecule has 1 aliphatic rings. The zero-order chi connectivity index (χ0) is 15.2. The summed E-state index contributed by atoms with van der Waals surface area (Å²) in [6.45, 7) is 3.83. The van der Waals surface area contributed by atoms with Crippen molar-refractivity contribution in [2.75, 3.05) is 27.2 Å². The topological polar surface area (TPSA) is 41.6 Å². The van der Waals surface area contributed by atoms with E-state index in [9.17, 15) is 4.79 Å². The van der Waals surface area contributed by atoms with Crippen molar-refractivity contribution >= 4 is 18.3 Å². The Hall–Kier alpha value is -1.26. The summed E-state index contributed by atoms with van der Waals surface area (Å²) in [7, 11) is 3.64. The third kappa shape index (κ3) is 4.89. The number of amides is 1. The van der Waals surface area contributed by atoms with Crippen molar-refractivity contribution in [2.24, 2.45) is 0 Å². The number of nitrogens with zero attached hydrogens (tertiary/aromatic N) is 1. The summed E-state index contributed by atoms with van der Waals surface area (Å²) in [6.07, 6.45) is 2.81. The minimum Gasteiger partial charge on any atom is -0.497 e. The van der Waals surface area contributed by atoms with Crippen molar-refractivity contribution in [3.63, 3.8) is 0 Å². The summed E-state index contributed by atoms with van der Waals surface area (Å²) in [6, 6.07) is 8.43. The molecule has 1 aliphatic heterocycles. The molecule has 1 aromatic carbocycles. The van der Waals surface area contributed by atoms with Gasteiger partial charge < -0.3 is 15.0 Å². The number of likely N-dealkylation sites (tertiary alicyclic amines) is 1. The Morgan fingerprint density at radius 2 is 2.27 bits per heavy atom. The molecular formula is C17H27ClN2O2. The molecule has 124 valence electrons. The number of rotatable bonds is 5. The largest absolute Gasteiger partial charge is 0.497 e. The molecule has 1 amide bonds. The Kier molecular flexibility index (Phi) is 7.69. The highest BCUT2D eigenvalue weighted by molar-refractivity contribution is 5.85. The summed E-state index contributed by atoms with van der Waals surface area (Å²) in [5.41, 5.74) is 1.16. The van der Waals surface area contributed by atoms with Gasteiger partial charge in [-0.25, -0.2) is 0 Å². The molecule has 5 heteroatoms. The first-order valence-corrected chi connectivity index (χ1v) is 7.73. The van der Waals surface area contributed by atoms with Gasteiger partial charge in [0.05, 0.1) is 7.11 Å². The van der Waals surface area contributed by atoms with Crippen LogP contribution in [0.5, 0.6) is 5.75 Å². The average molecular weight is 327 g/mol. The van der Waals surface area contributed by atoms with E-state index in [1.807, 2.05) is 30.1 Å². The third-order valence-electron chi connectivity index (χ3n) is 4.33. The molecule has 2 rings (SSSR count). The molecule has 1 aromatic rings. The monoisotopic (exact) mass is 326 g/mol. The van der Waals surface area contributed by atoms with E-state index >= 15 is 0 Å². The van der Waals surface area contributed by atoms with Gasteiger partial charge in [-0.2, -0.15) is 0 Å². The molecule has 0 radical (unpaired) electrons. The Balaban J connectivity index is 0.00000242. The van der Waals surface area contributed by atoms with Crippen LogP contribution in [0.25, 0.3) is 0 Å². The minimum absolute atomic E-state index is 0. The van der Waals surface area contributed by atoms with Gasteiger partial charge in [0.15, 0.2) is 0 Å². The van der Waals surface area contributed by atoms with Crippen LogP contribution in [-0.2, 0) is 4.79 Å². The fourth-order valence-corrected chi connectivity index (χ4v) is 2.90. The van der Waals surface area contributed by atoms with Gasteiger partial charge in [-0.3, -0.25) is 4.79 Å². The highest BCUT2D eigenvalue weighted by Gasteiger charge is 2.24. The van der Waals surface area contributed by atoms with Crippen molar-refractivity contribution in [3.8, 4) is 5.75 Å². The number of hydrogen-bond acceptors (Lipinski definition) is 3. The SMILES string of the molecule is CNC1CCCN(C(=O)CC(C)c2cccc(OC)c2)C1.Cl. The summed E-state index contributed by atoms with van der Waals surface area (Å²) in [5.74, 6) is 1.31. The zero-order valence-electron chi connectivity index (χ0n) is 13.7. The van der Waals surface area contributed by atoms with Crippen LogP contribution in [0.3, 0.4) is 0 Å². The summed E-state index contributed by atoms with van der Waals surface area (Å²) in [5, 5.41) is 3.28. The molecule has 22 heavy (non-hydrogen) atoms. The molecule has 1 saturated heterocycles. The number of likely N-dealkylation sites (N-methyl/N-ethyl adjacent to an activating group) is 1. The van der Waals surface area contributed by atoms with Gasteiger partial charge in [-0.05, 0) is 43.5 Å². The number of piperidine rings is 1. The molecule has 1 heterocycles. The zero-order valence-corrected chi connectivity index (χ0v) is 14.5. The summed E-state index contributed by atoms with van der Waals surface area (Å²) >= 11 is 0. The molecule has 0 aromatic heterocycles. The maximum atomic E-state index is 12.5. The van der Waals surface area contributed by atoms with Crippen molar-refractivity contribution in [1.29, 1.82) is 0 Å². The first kappa shape index (κ1) is 18.8. The van der Waals surface area contributed by atoms with Crippen molar-refractivity contribution in [3.05, 3.63) is 29.8 Å². The number of carbonyl (C=O) groups is 1. The molecule has 2 unspecified atom stereocenters. The maximum Gasteiger partial charge on any atom is 0.223 e. The highest BCUT2D eigenvalue weighted by atomic mass is 35.5. The van der Waals surface area contributed by atoms with Crippen LogP contribution in [0.15, 0.2) is 24.3 Å². The first-order chi connectivity index (χ1) is 10.1. The van der Waals surface area contributed by atoms with Crippen LogP contribution in [0.2, 0.25) is 0 Å². The van der Waals surface area contributed by atoms with Gasteiger partial charge in [0.1, 0.15) is 5.75 Å². The Morgan fingerprint density at radius 3 is 2.95 bits per heavy atom. The lowest BCUT2D eigenvalue weighted by Gasteiger charge is -2.33. The quantitative estimate of drug-likeness (QED) is 0.904. The van der Waals surface area contributed by atoms with Gasteiger partial charge in [0, 0.05) is 25.6 Å². The minimum atomic E-state index is 0. The van der Waals surface area contributed by atoms with Crippen molar-refractivity contribution in [1.82, 2.24) is 10.2 Å². The molecule has 0 saturated carbocycles. The number of methoxy groups -OCH3 is 1. The fraction of sp³-hybridized carbons (Fsp3) is 0.588. The molecule has 1 fully saturated rings. The van der Waals surface area contributed by atoms with Gasteiger partial charge in [-0.1, -0.05) is 19.1 Å². The predicted octanol–water partition coefficient (Wildman–Crippen LogP) is 2.82. The van der Waals surface area contributed by atoms with E-state index in [1.54, 1.807) is 7.11 Å². The molecule has 2 atom stereocenters. The lowest BCUT2D eigenvalue weighted by Crippen LogP contribution is -2.47. The molecule has 1 N–H and O–H groups in total. The van der Waals surface area contributed by atoms with Crippen LogP contribution in [0.4, 0.5) is 0 Å². The Labute approximate surface area is 139 Å². The molecular weight excluding hydrogens is 300 g/mol. The van der Waals surface area contributed by atoms with E-state index in [0.717, 1.165) is 37.2 Å². The van der Waals surface area contributed by atoms with Crippen molar-refractivity contribution in [2.45, 2.75) is 38.1 Å². The second-order valence-corrected chi connectivity index (χ2v) is 5.85. The fourth-order valence-electron chi connectivity index (χ4n) is 2.90. The summed E-state index contributed by atoms with van der Waals surface area (Å²) in [4.78, 5) is 14.5. The Morgan fingerprint density at radius 1 is 1.50 bits per heavy atom. The van der Waals surface area contributed by atoms with Gasteiger partial charge in [0.2, 0.25) is 5.91 Å². The van der Waals surface area contributed by atoms with Crippen LogP contribution < -0.4 is 10.1 Å². The number of hydrogen-bond donors (Lipinski definition) is 1. The number of carbonyl (C=O) groups excluding carboxylic acids is 1. The van der Waals surface area contributed by atoms with Crippen LogP contribution >= 0.6 is 12.4 Å². The van der Waals surface area contributed by atoms with E-state index in [1.165, 1.54) is 0 Å². The van der Waals surface area contributed by atoms with Crippen LogP contribution in [0, 0.1) is 0 Å². The van der Waals surface area contributed by atoms with E-state index in [-0.39, 0.29) is 24.2 Å². The van der Waals surface area contributed by atoms with Gasteiger partial charge >= 0.3 is 0 Å². The van der Waals surface area contributed by atoms with E-state index in [2.05, 4.69) is 18.3 Å². The van der Waals surface area contributed by atoms with E-state index in [4.69, 9.17) is 4.74 Å². The number of nitrogens with one attached hydrogen (secondary N) is 1. The third-order valence-corrected chi connectivity index (χ3v) is 4.33. The lowest BCUT2D eigenvalue weighted by atomic mass is 9.96. The number of halogens is 1. The second-order valence-electron chi connectivity index (χ2n) is 5.85. The average Bonchev–Trinajstić information content (AvgIpc) is 2.54. The van der Waals surface area contributed by atoms with Crippen LogP contribution in [-0.4, -0.2) is 44.1 Å². The normalized spacial score (nSPS) is 19.2. The maximum absolute atomic E-state index is 12.5. The molecule has 4 nitrogen and oxygen atoms in total. The Bertz CT molecular complexity index is 481. The lowest BCUT2D eigenvalue weighted by molar-refractivity contribution is -0.132. The molecule has 0 aliphatic carbocycles. The number of benzene rings is 1. The molecule has 0 bridgehead atoms. The summed E-state index contributed by atoms with van der Waals surface area (Å²) < 4.78 is 5.25. The van der Waals surface area contributed by atoms with Gasteiger partial charge in [0.25, 0.3) is 0 Å². The van der Waals surface area contributed by atoms with Crippen molar-refractivity contribution < 1.29 is 9.53 Å². The standard InChI is InChI=1S/C17H26N2O2.ClH/c1-13(14-6-4-8-16(11-14)21-3)10-17(20)19-9-5-7-15(12-19)18-2;/h4,6,8,11,13,15,18H,5,7,9-10,12H2,1-3H3;1H. The van der Waals surface area contributed by atoms with Crippen LogP contribution in [0.1, 0.15) is 37.7 Å².